The maximum Gasteiger partial charge on any atom is 0.308 e. The van der Waals surface area contributed by atoms with Gasteiger partial charge in [-0.3, -0.25) is 23.7 Å². The van der Waals surface area contributed by atoms with E-state index in [1.165, 1.54) is 21.2 Å². The van der Waals surface area contributed by atoms with E-state index < -0.39 is 16.6 Å². The van der Waals surface area contributed by atoms with Gasteiger partial charge in [0.15, 0.2) is 0 Å². The summed E-state index contributed by atoms with van der Waals surface area (Å²) < 4.78 is 1.42. The Hall–Kier alpha value is -3.17. The molecule has 0 saturated carbocycles. The van der Waals surface area contributed by atoms with Crippen molar-refractivity contribution in [3.05, 3.63) is 75.2 Å². The maximum absolute atomic E-state index is 13.4. The van der Waals surface area contributed by atoms with Gasteiger partial charge in [0.05, 0.1) is 16.6 Å². The number of carbonyl (C=O) groups excluding carboxylic acids is 3. The van der Waals surface area contributed by atoms with Gasteiger partial charge in [-0.05, 0) is 24.3 Å². The van der Waals surface area contributed by atoms with Gasteiger partial charge in [0.1, 0.15) is 11.8 Å². The Balaban J connectivity index is 1.48. The van der Waals surface area contributed by atoms with Crippen LogP contribution in [0.1, 0.15) is 18.7 Å². The molecule has 0 unspecified atom stereocenters. The molecule has 2 atom stereocenters. The van der Waals surface area contributed by atoms with Gasteiger partial charge in [0.25, 0.3) is 0 Å². The topological polar surface area (TPSA) is 88.5 Å². The standard InChI is InChI=1S/C24H21N3O4S2/c1-24(2)17-18(21(30)27(20(17)29)15-11-7-4-8-12-15)32-22-19(24)33-23(31)26(22)13-16(28)25-14-9-5-3-6-10-14/h3-12,17-18H,13H2,1-2H3,(H,25,28)/t17-,18+/m1/s1. The van der Waals surface area contributed by atoms with Crippen molar-refractivity contribution in [1.29, 1.82) is 0 Å². The highest BCUT2D eigenvalue weighted by Crippen LogP contribution is 2.54. The van der Waals surface area contributed by atoms with Gasteiger partial charge in [-0.1, -0.05) is 73.3 Å². The molecule has 2 aliphatic heterocycles. The first kappa shape index (κ1) is 21.7. The first-order valence-corrected chi connectivity index (χ1v) is 12.2. The van der Waals surface area contributed by atoms with E-state index in [1.54, 1.807) is 36.4 Å². The van der Waals surface area contributed by atoms with Crippen LogP contribution in [0, 0.1) is 5.92 Å². The Morgan fingerprint density at radius 2 is 1.61 bits per heavy atom. The fourth-order valence-electron chi connectivity index (χ4n) is 4.46. The van der Waals surface area contributed by atoms with E-state index in [1.807, 2.05) is 38.1 Å². The van der Waals surface area contributed by atoms with Crippen LogP contribution in [0.2, 0.25) is 0 Å². The summed E-state index contributed by atoms with van der Waals surface area (Å²) in [6.45, 7) is 3.63. The van der Waals surface area contributed by atoms with Gasteiger partial charge in [-0.15, -0.1) is 0 Å². The molecule has 2 aromatic carbocycles. The molecule has 1 aromatic heterocycles. The summed E-state index contributed by atoms with van der Waals surface area (Å²) in [5.41, 5.74) is 0.455. The number of fused-ring (bicyclic) bond motifs is 2. The van der Waals surface area contributed by atoms with Crippen LogP contribution in [-0.2, 0) is 26.3 Å². The van der Waals surface area contributed by atoms with Crippen molar-refractivity contribution in [2.45, 2.75) is 36.1 Å². The third kappa shape index (κ3) is 3.52. The largest absolute Gasteiger partial charge is 0.325 e. The first-order valence-electron chi connectivity index (χ1n) is 10.5. The van der Waals surface area contributed by atoms with E-state index in [0.29, 0.717) is 16.4 Å². The molecule has 33 heavy (non-hydrogen) atoms. The monoisotopic (exact) mass is 479 g/mol. The molecule has 0 aliphatic carbocycles. The molecule has 7 nitrogen and oxygen atoms in total. The van der Waals surface area contributed by atoms with E-state index in [2.05, 4.69) is 5.32 Å². The smallest absolute Gasteiger partial charge is 0.308 e. The van der Waals surface area contributed by atoms with Crippen LogP contribution in [0.5, 0.6) is 0 Å². The highest BCUT2D eigenvalue weighted by atomic mass is 32.2. The van der Waals surface area contributed by atoms with Gasteiger partial charge in [-0.2, -0.15) is 0 Å². The summed E-state index contributed by atoms with van der Waals surface area (Å²) in [6, 6.07) is 17.9. The minimum absolute atomic E-state index is 0.162. The summed E-state index contributed by atoms with van der Waals surface area (Å²) >= 11 is 2.26. The number of hydrogen-bond acceptors (Lipinski definition) is 6. The van der Waals surface area contributed by atoms with Crippen molar-refractivity contribution in [2.75, 3.05) is 10.2 Å². The molecule has 1 saturated heterocycles. The number of carbonyl (C=O) groups is 3. The Labute approximate surface area is 198 Å². The number of amides is 3. The van der Waals surface area contributed by atoms with Gasteiger partial charge < -0.3 is 5.32 Å². The normalized spacial score (nSPS) is 21.0. The minimum Gasteiger partial charge on any atom is -0.325 e. The molecule has 3 heterocycles. The third-order valence-corrected chi connectivity index (χ3v) is 8.90. The van der Waals surface area contributed by atoms with Crippen molar-refractivity contribution in [2.24, 2.45) is 5.92 Å². The number of nitrogens with one attached hydrogen (secondary N) is 1. The SMILES string of the molecule is CC1(C)c2sc(=O)n(CC(=O)Nc3ccccc3)c2S[C@@H]2C(=O)N(c3ccccc3)C(=O)[C@@H]21. The van der Waals surface area contributed by atoms with Crippen LogP contribution in [0.15, 0.2) is 70.5 Å². The van der Waals surface area contributed by atoms with E-state index in [0.717, 1.165) is 16.2 Å². The lowest BCUT2D eigenvalue weighted by Gasteiger charge is -2.36. The van der Waals surface area contributed by atoms with E-state index in [-0.39, 0.29) is 29.1 Å². The van der Waals surface area contributed by atoms with Gasteiger partial charge in [0.2, 0.25) is 17.7 Å². The summed E-state index contributed by atoms with van der Waals surface area (Å²) in [4.78, 5) is 54.0. The van der Waals surface area contributed by atoms with E-state index >= 15 is 0 Å². The number of imide groups is 1. The molecule has 1 fully saturated rings. The van der Waals surface area contributed by atoms with Crippen molar-refractivity contribution in [1.82, 2.24) is 4.57 Å². The molecule has 3 amide bonds. The number of nitrogens with zero attached hydrogens (tertiary/aromatic N) is 2. The number of para-hydroxylation sites is 2. The molecule has 9 heteroatoms. The van der Waals surface area contributed by atoms with E-state index in [4.69, 9.17) is 0 Å². The fourth-order valence-corrected chi connectivity index (χ4v) is 7.50. The lowest BCUT2D eigenvalue weighted by atomic mass is 9.76. The molecular formula is C24H21N3O4S2. The number of benzene rings is 2. The van der Waals surface area contributed by atoms with Crippen LogP contribution >= 0.6 is 23.1 Å². The number of thiazole rings is 1. The average Bonchev–Trinajstić information content (AvgIpc) is 3.24. The van der Waals surface area contributed by atoms with Gasteiger partial charge >= 0.3 is 4.87 Å². The molecule has 0 spiro atoms. The van der Waals surface area contributed by atoms with Crippen molar-refractivity contribution in [3.63, 3.8) is 0 Å². The number of hydrogen-bond donors (Lipinski definition) is 1. The molecule has 2 aliphatic rings. The molecular weight excluding hydrogens is 458 g/mol. The fraction of sp³-hybridized carbons (Fsp3) is 0.250. The molecule has 1 N–H and O–H groups in total. The quantitative estimate of drug-likeness (QED) is 0.579. The van der Waals surface area contributed by atoms with Crippen LogP contribution < -0.4 is 15.1 Å². The summed E-state index contributed by atoms with van der Waals surface area (Å²) in [6.07, 6.45) is 0. The second kappa shape index (κ2) is 8.00. The predicted molar refractivity (Wildman–Crippen MR) is 129 cm³/mol. The molecule has 3 aromatic rings. The first-order chi connectivity index (χ1) is 15.8. The average molecular weight is 480 g/mol. The predicted octanol–water partition coefficient (Wildman–Crippen LogP) is 3.49. The third-order valence-electron chi connectivity index (χ3n) is 6.08. The second-order valence-corrected chi connectivity index (χ2v) is 10.7. The van der Waals surface area contributed by atoms with Crippen LogP contribution in [0.4, 0.5) is 11.4 Å². The molecule has 0 radical (unpaired) electrons. The molecule has 168 valence electrons. The van der Waals surface area contributed by atoms with Gasteiger partial charge in [0, 0.05) is 16.0 Å². The Bertz CT molecular complexity index is 1310. The molecule has 5 rings (SSSR count). The maximum atomic E-state index is 13.4. The lowest BCUT2D eigenvalue weighted by Crippen LogP contribution is -2.41. The van der Waals surface area contributed by atoms with Crippen LogP contribution in [-0.4, -0.2) is 27.5 Å². The highest BCUT2D eigenvalue weighted by molar-refractivity contribution is 8.00. The summed E-state index contributed by atoms with van der Waals surface area (Å²) in [5.74, 6) is -1.47. The Kier molecular flexibility index (Phi) is 5.25. The zero-order valence-electron chi connectivity index (χ0n) is 18.0. The zero-order valence-corrected chi connectivity index (χ0v) is 19.6. The van der Waals surface area contributed by atoms with Crippen molar-refractivity contribution < 1.29 is 14.4 Å². The van der Waals surface area contributed by atoms with Crippen molar-refractivity contribution >= 4 is 52.2 Å². The highest BCUT2D eigenvalue weighted by Gasteiger charge is 2.59. The van der Waals surface area contributed by atoms with Gasteiger partial charge in [-0.25, -0.2) is 4.90 Å². The second-order valence-electron chi connectivity index (χ2n) is 8.59. The Morgan fingerprint density at radius 3 is 2.27 bits per heavy atom. The minimum atomic E-state index is -0.730. The summed E-state index contributed by atoms with van der Waals surface area (Å²) in [7, 11) is 0. The number of aromatic nitrogens is 1. The zero-order chi connectivity index (χ0) is 23.3. The van der Waals surface area contributed by atoms with Crippen molar-refractivity contribution in [3.8, 4) is 0 Å². The van der Waals surface area contributed by atoms with Crippen LogP contribution in [0.25, 0.3) is 0 Å². The number of anilines is 2. The number of rotatable bonds is 4. The molecule has 0 bridgehead atoms. The van der Waals surface area contributed by atoms with Crippen LogP contribution in [0.3, 0.4) is 0 Å². The Morgan fingerprint density at radius 1 is 0.970 bits per heavy atom. The number of thioether (sulfide) groups is 1. The lowest BCUT2D eigenvalue weighted by molar-refractivity contribution is -0.123. The summed E-state index contributed by atoms with van der Waals surface area (Å²) in [5, 5.41) is 2.73. The van der Waals surface area contributed by atoms with E-state index in [9.17, 15) is 19.2 Å².